The van der Waals surface area contributed by atoms with E-state index in [1.54, 1.807) is 35.8 Å². The van der Waals surface area contributed by atoms with E-state index in [0.717, 1.165) is 28.3 Å². The van der Waals surface area contributed by atoms with Crippen LogP contribution in [-0.2, 0) is 17.6 Å². The van der Waals surface area contributed by atoms with Crippen molar-refractivity contribution >= 4 is 41.2 Å². The number of amides is 1. The standard InChI is InChI=1S/C22H23N3OS2/c1-25-22(17-6-11-20(28-3)12-7-17)18(14-23-25)8-13-21(26)24-19-9-4-16(5-10-19)15-27-2/h4-14H,15H2,1-3H3,(H,24,26)/b13-8+. The van der Waals surface area contributed by atoms with Crippen molar-refractivity contribution in [1.29, 1.82) is 0 Å². The number of nitrogens with one attached hydrogen (secondary N) is 1. The van der Waals surface area contributed by atoms with Gasteiger partial charge in [-0.3, -0.25) is 9.48 Å². The molecule has 0 aliphatic rings. The van der Waals surface area contributed by atoms with Gasteiger partial charge >= 0.3 is 0 Å². The topological polar surface area (TPSA) is 46.9 Å². The zero-order valence-corrected chi connectivity index (χ0v) is 17.8. The second-order valence-corrected chi connectivity index (χ2v) is 8.00. The Balaban J connectivity index is 1.72. The first kappa shape index (κ1) is 20.3. The van der Waals surface area contributed by atoms with Crippen LogP contribution in [0.1, 0.15) is 11.1 Å². The van der Waals surface area contributed by atoms with E-state index in [1.165, 1.54) is 10.5 Å². The number of carbonyl (C=O) groups excluding carboxylic acids is 1. The van der Waals surface area contributed by atoms with Crippen molar-refractivity contribution in [1.82, 2.24) is 9.78 Å². The number of hydrogen-bond donors (Lipinski definition) is 1. The zero-order valence-electron chi connectivity index (χ0n) is 16.2. The lowest BCUT2D eigenvalue weighted by Crippen LogP contribution is -2.07. The van der Waals surface area contributed by atoms with E-state index < -0.39 is 0 Å². The highest BCUT2D eigenvalue weighted by atomic mass is 32.2. The molecule has 0 saturated heterocycles. The molecule has 3 aromatic rings. The molecule has 0 spiro atoms. The van der Waals surface area contributed by atoms with E-state index in [-0.39, 0.29) is 5.91 Å². The molecule has 28 heavy (non-hydrogen) atoms. The molecule has 0 aliphatic carbocycles. The van der Waals surface area contributed by atoms with Gasteiger partial charge in [0.1, 0.15) is 0 Å². The van der Waals surface area contributed by atoms with Crippen molar-refractivity contribution in [3.8, 4) is 11.3 Å². The Morgan fingerprint density at radius 2 is 1.82 bits per heavy atom. The minimum Gasteiger partial charge on any atom is -0.323 e. The van der Waals surface area contributed by atoms with Gasteiger partial charge < -0.3 is 5.32 Å². The van der Waals surface area contributed by atoms with Gasteiger partial charge in [0.25, 0.3) is 0 Å². The van der Waals surface area contributed by atoms with Crippen molar-refractivity contribution in [3.63, 3.8) is 0 Å². The first-order chi connectivity index (χ1) is 13.6. The largest absolute Gasteiger partial charge is 0.323 e. The highest BCUT2D eigenvalue weighted by molar-refractivity contribution is 7.98. The number of carbonyl (C=O) groups is 1. The van der Waals surface area contributed by atoms with Gasteiger partial charge in [-0.05, 0) is 48.4 Å². The van der Waals surface area contributed by atoms with Crippen LogP contribution in [0.25, 0.3) is 17.3 Å². The fourth-order valence-corrected chi connectivity index (χ4v) is 3.81. The van der Waals surface area contributed by atoms with Crippen LogP contribution in [0.5, 0.6) is 0 Å². The first-order valence-electron chi connectivity index (χ1n) is 8.84. The Hall–Kier alpha value is -2.44. The van der Waals surface area contributed by atoms with Gasteiger partial charge in [-0.25, -0.2) is 0 Å². The molecule has 1 heterocycles. The molecule has 0 fully saturated rings. The number of aryl methyl sites for hydroxylation is 1. The van der Waals surface area contributed by atoms with Crippen LogP contribution in [0.2, 0.25) is 0 Å². The third-order valence-electron chi connectivity index (χ3n) is 4.28. The van der Waals surface area contributed by atoms with Gasteiger partial charge in [0.2, 0.25) is 5.91 Å². The highest BCUT2D eigenvalue weighted by Crippen LogP contribution is 2.26. The number of anilines is 1. The number of rotatable bonds is 7. The number of hydrogen-bond acceptors (Lipinski definition) is 4. The molecule has 0 atom stereocenters. The van der Waals surface area contributed by atoms with Gasteiger partial charge in [0, 0.05) is 40.6 Å². The fraction of sp³-hybridized carbons (Fsp3) is 0.182. The molecule has 1 aromatic heterocycles. The molecule has 1 N–H and O–H groups in total. The van der Waals surface area contributed by atoms with E-state index in [2.05, 4.69) is 47.2 Å². The maximum Gasteiger partial charge on any atom is 0.248 e. The van der Waals surface area contributed by atoms with Crippen LogP contribution in [0.15, 0.2) is 65.7 Å². The molecule has 0 radical (unpaired) electrons. The number of thioether (sulfide) groups is 2. The van der Waals surface area contributed by atoms with Crippen molar-refractivity contribution in [2.45, 2.75) is 10.6 Å². The molecule has 1 amide bonds. The van der Waals surface area contributed by atoms with Crippen molar-refractivity contribution in [3.05, 3.63) is 71.9 Å². The van der Waals surface area contributed by atoms with Crippen molar-refractivity contribution < 1.29 is 4.79 Å². The number of nitrogens with zero attached hydrogens (tertiary/aromatic N) is 2. The average molecular weight is 410 g/mol. The second kappa shape index (κ2) is 9.66. The van der Waals surface area contributed by atoms with E-state index in [1.807, 2.05) is 42.1 Å². The molecule has 0 unspecified atom stereocenters. The Labute approximate surface area is 174 Å². The van der Waals surface area contributed by atoms with Crippen molar-refractivity contribution in [2.75, 3.05) is 17.8 Å². The molecule has 0 aliphatic heterocycles. The summed E-state index contributed by atoms with van der Waals surface area (Å²) in [5, 5.41) is 7.25. The summed E-state index contributed by atoms with van der Waals surface area (Å²) in [6.45, 7) is 0. The van der Waals surface area contributed by atoms with Crippen LogP contribution in [0.4, 0.5) is 5.69 Å². The zero-order chi connectivity index (χ0) is 19.9. The molecule has 4 nitrogen and oxygen atoms in total. The van der Waals surface area contributed by atoms with Crippen LogP contribution in [0, 0.1) is 0 Å². The molecule has 144 valence electrons. The number of benzene rings is 2. The lowest BCUT2D eigenvalue weighted by Gasteiger charge is -2.06. The minimum absolute atomic E-state index is 0.162. The summed E-state index contributed by atoms with van der Waals surface area (Å²) in [4.78, 5) is 13.5. The van der Waals surface area contributed by atoms with E-state index >= 15 is 0 Å². The predicted molar refractivity (Wildman–Crippen MR) is 122 cm³/mol. The lowest BCUT2D eigenvalue weighted by atomic mass is 10.1. The first-order valence-corrected chi connectivity index (χ1v) is 11.5. The quantitative estimate of drug-likeness (QED) is 0.423. The van der Waals surface area contributed by atoms with Gasteiger partial charge in [0.05, 0.1) is 11.9 Å². The van der Waals surface area contributed by atoms with Crippen LogP contribution >= 0.6 is 23.5 Å². The van der Waals surface area contributed by atoms with Crippen molar-refractivity contribution in [2.24, 2.45) is 7.05 Å². The van der Waals surface area contributed by atoms with Gasteiger partial charge in [-0.1, -0.05) is 24.3 Å². The Kier molecular flexibility index (Phi) is 7.01. The van der Waals surface area contributed by atoms with Crippen LogP contribution in [-0.4, -0.2) is 28.2 Å². The summed E-state index contributed by atoms with van der Waals surface area (Å²) in [5.74, 6) is 0.806. The fourth-order valence-electron chi connectivity index (χ4n) is 2.88. The summed E-state index contributed by atoms with van der Waals surface area (Å²) in [5.41, 5.74) is 5.00. The molecule has 0 saturated carbocycles. The second-order valence-electron chi connectivity index (χ2n) is 6.25. The van der Waals surface area contributed by atoms with E-state index in [4.69, 9.17) is 0 Å². The number of aromatic nitrogens is 2. The smallest absolute Gasteiger partial charge is 0.248 e. The molecule has 2 aromatic carbocycles. The summed E-state index contributed by atoms with van der Waals surface area (Å²) in [6, 6.07) is 16.3. The summed E-state index contributed by atoms with van der Waals surface area (Å²) >= 11 is 3.49. The molecule has 0 bridgehead atoms. The van der Waals surface area contributed by atoms with E-state index in [0.29, 0.717) is 0 Å². The van der Waals surface area contributed by atoms with Gasteiger partial charge in [0.15, 0.2) is 0 Å². The maximum absolute atomic E-state index is 12.3. The Bertz CT molecular complexity index is 960. The monoisotopic (exact) mass is 409 g/mol. The molecular formula is C22H23N3OS2. The summed E-state index contributed by atoms with van der Waals surface area (Å²) in [7, 11) is 1.91. The maximum atomic E-state index is 12.3. The third kappa shape index (κ3) is 5.09. The summed E-state index contributed by atoms with van der Waals surface area (Å²) < 4.78 is 1.83. The molecular weight excluding hydrogens is 386 g/mol. The third-order valence-corrected chi connectivity index (χ3v) is 5.64. The highest BCUT2D eigenvalue weighted by Gasteiger charge is 2.09. The van der Waals surface area contributed by atoms with Crippen LogP contribution in [0.3, 0.4) is 0 Å². The summed E-state index contributed by atoms with van der Waals surface area (Å²) in [6.07, 6.45) is 9.26. The minimum atomic E-state index is -0.162. The molecule has 3 rings (SSSR count). The van der Waals surface area contributed by atoms with E-state index in [9.17, 15) is 4.79 Å². The predicted octanol–water partition coefficient (Wildman–Crippen LogP) is 5.32. The van der Waals surface area contributed by atoms with Crippen LogP contribution < -0.4 is 5.32 Å². The lowest BCUT2D eigenvalue weighted by molar-refractivity contribution is -0.111. The Morgan fingerprint density at radius 3 is 2.46 bits per heavy atom. The molecule has 6 heteroatoms. The Morgan fingerprint density at radius 1 is 1.11 bits per heavy atom. The van der Waals surface area contributed by atoms with Gasteiger partial charge in [-0.2, -0.15) is 16.9 Å². The average Bonchev–Trinajstić information content (AvgIpc) is 3.08. The van der Waals surface area contributed by atoms with Gasteiger partial charge in [-0.15, -0.1) is 11.8 Å². The normalized spacial score (nSPS) is 11.1. The SMILES string of the molecule is CSCc1ccc(NC(=O)/C=C/c2cnn(C)c2-c2ccc(SC)cc2)cc1.